The monoisotopic (exact) mass is 270 g/mol. The average molecular weight is 271 g/mol. The first kappa shape index (κ1) is 11.4. The molecule has 1 N–H and O–H groups in total. The molecule has 0 aliphatic carbocycles. The van der Waals surface area contributed by atoms with E-state index in [1.54, 1.807) is 18.2 Å². The highest BCUT2D eigenvalue weighted by Gasteiger charge is 2.12. The Morgan fingerprint density at radius 2 is 2.19 bits per heavy atom. The van der Waals surface area contributed by atoms with E-state index < -0.39 is 5.97 Å². The summed E-state index contributed by atoms with van der Waals surface area (Å²) in [5, 5.41) is 11.0. The predicted molar refractivity (Wildman–Crippen MR) is 69.2 cm³/mol. The molecule has 0 aliphatic rings. The first-order valence-electron chi connectivity index (χ1n) is 4.41. The van der Waals surface area contributed by atoms with Crippen LogP contribution in [0.5, 0.6) is 0 Å². The molecule has 0 saturated carbocycles. The fourth-order valence-electron chi connectivity index (χ4n) is 1.21. The van der Waals surface area contributed by atoms with Gasteiger partial charge in [0.1, 0.15) is 0 Å². The van der Waals surface area contributed by atoms with E-state index >= 15 is 0 Å². The molecule has 2 aromatic rings. The Balaban J connectivity index is 2.42. The van der Waals surface area contributed by atoms with Crippen LogP contribution in [-0.2, 0) is 4.79 Å². The summed E-state index contributed by atoms with van der Waals surface area (Å²) in [6.45, 7) is 0. The lowest BCUT2D eigenvalue weighted by Gasteiger charge is -1.97. The normalized spacial score (nSPS) is 11.7. The van der Waals surface area contributed by atoms with Gasteiger partial charge in [-0.15, -0.1) is 22.7 Å². The van der Waals surface area contributed by atoms with Crippen molar-refractivity contribution in [3.8, 4) is 0 Å². The first-order valence-corrected chi connectivity index (χ1v) is 6.48. The topological polar surface area (TPSA) is 37.3 Å². The van der Waals surface area contributed by atoms with Crippen molar-refractivity contribution in [2.24, 2.45) is 0 Å². The summed E-state index contributed by atoms with van der Waals surface area (Å²) in [5.41, 5.74) is 0.277. The van der Waals surface area contributed by atoms with Gasteiger partial charge >= 0.3 is 5.97 Å². The zero-order valence-electron chi connectivity index (χ0n) is 8.01. The van der Waals surface area contributed by atoms with Crippen LogP contribution in [0.3, 0.4) is 0 Å². The molecule has 0 spiro atoms. The minimum atomic E-state index is -0.938. The Bertz CT molecular complexity index is 526. The molecule has 16 heavy (non-hydrogen) atoms. The molecule has 0 bridgehead atoms. The second-order valence-corrected chi connectivity index (χ2v) is 5.68. The van der Waals surface area contributed by atoms with E-state index in [1.165, 1.54) is 22.7 Å². The minimum absolute atomic E-state index is 0.277. The number of carbonyl (C=O) groups is 1. The number of thiophene rings is 2. The molecule has 0 atom stereocenters. The molecule has 0 unspecified atom stereocenters. The number of carboxylic acids is 1. The molecular weight excluding hydrogens is 264 g/mol. The standard InChI is InChI=1S/C11H7ClO2S2/c12-10-4-3-9(16-10)8(11(13)14)6-7-2-1-5-15-7/h1-6H,(H,13,14)/b8-6+. The van der Waals surface area contributed by atoms with Crippen molar-refractivity contribution in [3.05, 3.63) is 43.7 Å². The highest BCUT2D eigenvalue weighted by Crippen LogP contribution is 2.29. The first-order chi connectivity index (χ1) is 7.66. The lowest BCUT2D eigenvalue weighted by Crippen LogP contribution is -1.97. The van der Waals surface area contributed by atoms with Gasteiger partial charge in [-0.3, -0.25) is 0 Å². The lowest BCUT2D eigenvalue weighted by atomic mass is 10.2. The van der Waals surface area contributed by atoms with Crippen LogP contribution in [0.2, 0.25) is 4.34 Å². The molecule has 82 valence electrons. The quantitative estimate of drug-likeness (QED) is 0.853. The SMILES string of the molecule is O=C(O)/C(=C/c1cccs1)c1ccc(Cl)s1. The molecular formula is C11H7ClO2S2. The van der Waals surface area contributed by atoms with Crippen molar-refractivity contribution < 1.29 is 9.90 Å². The number of aliphatic carboxylic acids is 1. The van der Waals surface area contributed by atoms with Crippen LogP contribution < -0.4 is 0 Å². The van der Waals surface area contributed by atoms with Crippen molar-refractivity contribution in [2.45, 2.75) is 0 Å². The van der Waals surface area contributed by atoms with Gasteiger partial charge in [0.2, 0.25) is 0 Å². The van der Waals surface area contributed by atoms with E-state index in [4.69, 9.17) is 16.7 Å². The Morgan fingerprint density at radius 3 is 2.69 bits per heavy atom. The Morgan fingerprint density at radius 1 is 1.38 bits per heavy atom. The van der Waals surface area contributed by atoms with Crippen molar-refractivity contribution >= 4 is 51.9 Å². The molecule has 2 heterocycles. The second kappa shape index (κ2) is 4.82. The van der Waals surface area contributed by atoms with E-state index in [1.807, 2.05) is 17.5 Å². The Labute approximate surface area is 105 Å². The fourth-order valence-corrected chi connectivity index (χ4v) is 2.92. The molecule has 0 aliphatic heterocycles. The van der Waals surface area contributed by atoms with Crippen molar-refractivity contribution in [1.29, 1.82) is 0 Å². The Hall–Kier alpha value is -1.10. The smallest absolute Gasteiger partial charge is 0.337 e. The van der Waals surface area contributed by atoms with E-state index in [9.17, 15) is 4.79 Å². The van der Waals surface area contributed by atoms with Gasteiger partial charge in [0.15, 0.2) is 0 Å². The maximum Gasteiger partial charge on any atom is 0.337 e. The minimum Gasteiger partial charge on any atom is -0.478 e. The predicted octanol–water partition coefficient (Wildman–Crippen LogP) is 4.09. The van der Waals surface area contributed by atoms with Gasteiger partial charge in [-0.05, 0) is 29.7 Å². The van der Waals surface area contributed by atoms with E-state index in [0.29, 0.717) is 9.21 Å². The average Bonchev–Trinajstić information content (AvgIpc) is 2.84. The summed E-state index contributed by atoms with van der Waals surface area (Å²) in [5.74, 6) is -0.938. The molecule has 2 rings (SSSR count). The van der Waals surface area contributed by atoms with Gasteiger partial charge in [0.25, 0.3) is 0 Å². The third-order valence-corrected chi connectivity index (χ3v) is 3.98. The molecule has 0 amide bonds. The maximum atomic E-state index is 11.1. The second-order valence-electron chi connectivity index (χ2n) is 2.98. The molecule has 0 radical (unpaired) electrons. The van der Waals surface area contributed by atoms with E-state index in [-0.39, 0.29) is 5.57 Å². The van der Waals surface area contributed by atoms with Crippen LogP contribution >= 0.6 is 34.3 Å². The third kappa shape index (κ3) is 2.52. The van der Waals surface area contributed by atoms with Gasteiger partial charge in [-0.1, -0.05) is 17.7 Å². The van der Waals surface area contributed by atoms with Crippen LogP contribution in [0, 0.1) is 0 Å². The fraction of sp³-hybridized carbons (Fsp3) is 0. The van der Waals surface area contributed by atoms with Gasteiger partial charge in [0.05, 0.1) is 9.91 Å². The number of rotatable bonds is 3. The summed E-state index contributed by atoms with van der Waals surface area (Å²) in [6, 6.07) is 7.19. The maximum absolute atomic E-state index is 11.1. The van der Waals surface area contributed by atoms with Crippen LogP contribution in [0.15, 0.2) is 29.6 Å². The number of hydrogen-bond donors (Lipinski definition) is 1. The number of hydrogen-bond acceptors (Lipinski definition) is 3. The van der Waals surface area contributed by atoms with E-state index in [2.05, 4.69) is 0 Å². The summed E-state index contributed by atoms with van der Waals surface area (Å²) < 4.78 is 0.591. The van der Waals surface area contributed by atoms with Gasteiger partial charge in [-0.2, -0.15) is 0 Å². The highest BCUT2D eigenvalue weighted by molar-refractivity contribution is 7.17. The largest absolute Gasteiger partial charge is 0.478 e. The van der Waals surface area contributed by atoms with Crippen LogP contribution in [0.1, 0.15) is 9.75 Å². The molecule has 0 fully saturated rings. The number of halogens is 1. The summed E-state index contributed by atoms with van der Waals surface area (Å²) in [7, 11) is 0. The molecule has 5 heteroatoms. The summed E-state index contributed by atoms with van der Waals surface area (Å²) >= 11 is 8.56. The van der Waals surface area contributed by atoms with Crippen molar-refractivity contribution in [1.82, 2.24) is 0 Å². The van der Waals surface area contributed by atoms with Gasteiger partial charge < -0.3 is 5.11 Å². The zero-order chi connectivity index (χ0) is 11.5. The number of carboxylic acid groups (broad SMARTS) is 1. The zero-order valence-corrected chi connectivity index (χ0v) is 10.4. The van der Waals surface area contributed by atoms with Crippen LogP contribution in [0.4, 0.5) is 0 Å². The third-order valence-electron chi connectivity index (χ3n) is 1.90. The molecule has 2 aromatic heterocycles. The van der Waals surface area contributed by atoms with Crippen molar-refractivity contribution in [3.63, 3.8) is 0 Å². The van der Waals surface area contributed by atoms with Gasteiger partial charge in [-0.25, -0.2) is 4.79 Å². The summed E-state index contributed by atoms with van der Waals surface area (Å²) in [6.07, 6.45) is 1.66. The Kier molecular flexibility index (Phi) is 3.43. The van der Waals surface area contributed by atoms with Crippen LogP contribution in [0.25, 0.3) is 11.6 Å². The summed E-state index contributed by atoms with van der Waals surface area (Å²) in [4.78, 5) is 12.7. The van der Waals surface area contributed by atoms with Gasteiger partial charge in [0, 0.05) is 9.75 Å². The van der Waals surface area contributed by atoms with E-state index in [0.717, 1.165) is 4.88 Å². The van der Waals surface area contributed by atoms with Crippen molar-refractivity contribution in [2.75, 3.05) is 0 Å². The lowest BCUT2D eigenvalue weighted by molar-refractivity contribution is -0.130. The molecule has 0 aromatic carbocycles. The molecule has 2 nitrogen and oxygen atoms in total. The van der Waals surface area contributed by atoms with Crippen LogP contribution in [-0.4, -0.2) is 11.1 Å². The highest BCUT2D eigenvalue weighted by atomic mass is 35.5. The molecule has 0 saturated heterocycles.